The molecule has 3 nitrogen and oxygen atoms in total. The average molecular weight is 259 g/mol. The van der Waals surface area contributed by atoms with Crippen molar-refractivity contribution in [3.8, 4) is 0 Å². The lowest BCUT2D eigenvalue weighted by Crippen LogP contribution is -2.08. The third kappa shape index (κ3) is 1.86. The highest BCUT2D eigenvalue weighted by Gasteiger charge is 2.19. The number of hydrogen-bond donors (Lipinski definition) is 0. The standard InChI is InChI=1S/C10H15BrN2O/c1-7(2)5-13-10(11)8-3-4-14-6-9(8)12-13/h7H,3-6H2,1-2H3. The maximum atomic E-state index is 5.37. The van der Waals surface area contributed by atoms with Crippen molar-refractivity contribution in [2.75, 3.05) is 6.61 Å². The molecular formula is C10H15BrN2O. The summed E-state index contributed by atoms with van der Waals surface area (Å²) in [5, 5.41) is 4.54. The molecule has 0 amide bonds. The Morgan fingerprint density at radius 1 is 1.57 bits per heavy atom. The monoisotopic (exact) mass is 258 g/mol. The van der Waals surface area contributed by atoms with Crippen molar-refractivity contribution in [2.45, 2.75) is 33.4 Å². The van der Waals surface area contributed by atoms with Crippen LogP contribution in [0.4, 0.5) is 0 Å². The van der Waals surface area contributed by atoms with Gasteiger partial charge in [-0.2, -0.15) is 5.10 Å². The lowest BCUT2D eigenvalue weighted by molar-refractivity contribution is 0.108. The van der Waals surface area contributed by atoms with Crippen LogP contribution in [0.25, 0.3) is 0 Å². The van der Waals surface area contributed by atoms with E-state index in [0.717, 1.165) is 29.9 Å². The van der Waals surface area contributed by atoms with E-state index in [9.17, 15) is 0 Å². The predicted octanol–water partition coefficient (Wildman–Crippen LogP) is 2.37. The predicted molar refractivity (Wildman–Crippen MR) is 58.1 cm³/mol. The van der Waals surface area contributed by atoms with Crippen LogP contribution in [0, 0.1) is 5.92 Å². The summed E-state index contributed by atoms with van der Waals surface area (Å²) >= 11 is 3.61. The van der Waals surface area contributed by atoms with Gasteiger partial charge in [-0.05, 0) is 21.8 Å². The first kappa shape index (κ1) is 10.2. The van der Waals surface area contributed by atoms with Gasteiger partial charge in [0.25, 0.3) is 0 Å². The number of rotatable bonds is 2. The molecule has 0 unspecified atom stereocenters. The molecule has 2 heterocycles. The van der Waals surface area contributed by atoms with Crippen molar-refractivity contribution in [1.29, 1.82) is 0 Å². The molecule has 0 N–H and O–H groups in total. The second-order valence-corrected chi connectivity index (χ2v) is 4.85. The largest absolute Gasteiger partial charge is 0.375 e. The van der Waals surface area contributed by atoms with Crippen molar-refractivity contribution < 1.29 is 4.74 Å². The molecule has 1 aromatic heterocycles. The Morgan fingerprint density at radius 2 is 2.36 bits per heavy atom. The molecule has 2 rings (SSSR count). The molecule has 1 aliphatic rings. The summed E-state index contributed by atoms with van der Waals surface area (Å²) in [7, 11) is 0. The molecule has 1 aromatic rings. The van der Waals surface area contributed by atoms with Crippen molar-refractivity contribution in [1.82, 2.24) is 9.78 Å². The molecule has 78 valence electrons. The van der Waals surface area contributed by atoms with Crippen LogP contribution in [0.1, 0.15) is 25.1 Å². The fraction of sp³-hybridized carbons (Fsp3) is 0.700. The van der Waals surface area contributed by atoms with Gasteiger partial charge in [-0.3, -0.25) is 4.68 Å². The summed E-state index contributed by atoms with van der Waals surface area (Å²) in [6.45, 7) is 6.85. The first-order valence-electron chi connectivity index (χ1n) is 5.00. The Bertz CT molecular complexity index is 333. The Labute approximate surface area is 92.6 Å². The van der Waals surface area contributed by atoms with Gasteiger partial charge in [0.1, 0.15) is 4.60 Å². The van der Waals surface area contributed by atoms with E-state index in [4.69, 9.17) is 4.74 Å². The highest BCUT2D eigenvalue weighted by Crippen LogP contribution is 2.25. The van der Waals surface area contributed by atoms with E-state index < -0.39 is 0 Å². The van der Waals surface area contributed by atoms with Crippen LogP contribution < -0.4 is 0 Å². The fourth-order valence-electron chi connectivity index (χ4n) is 1.70. The highest BCUT2D eigenvalue weighted by molar-refractivity contribution is 9.10. The van der Waals surface area contributed by atoms with Gasteiger partial charge in [-0.1, -0.05) is 13.8 Å². The molecular weight excluding hydrogens is 244 g/mol. The molecule has 0 spiro atoms. The second-order valence-electron chi connectivity index (χ2n) is 4.09. The van der Waals surface area contributed by atoms with E-state index in [1.807, 2.05) is 4.68 Å². The summed E-state index contributed by atoms with van der Waals surface area (Å²) in [5.74, 6) is 0.619. The van der Waals surface area contributed by atoms with Crippen LogP contribution >= 0.6 is 15.9 Å². The minimum absolute atomic E-state index is 0.619. The Kier molecular flexibility index (Phi) is 2.93. The van der Waals surface area contributed by atoms with Crippen LogP contribution in [0.15, 0.2) is 4.60 Å². The van der Waals surface area contributed by atoms with Gasteiger partial charge in [0.15, 0.2) is 0 Å². The van der Waals surface area contributed by atoms with Crippen LogP contribution in [0.5, 0.6) is 0 Å². The molecule has 0 fully saturated rings. The number of aromatic nitrogens is 2. The van der Waals surface area contributed by atoms with Gasteiger partial charge >= 0.3 is 0 Å². The first-order valence-corrected chi connectivity index (χ1v) is 5.79. The number of halogens is 1. The minimum atomic E-state index is 0.619. The number of nitrogens with zero attached hydrogens (tertiary/aromatic N) is 2. The van der Waals surface area contributed by atoms with Crippen molar-refractivity contribution in [2.24, 2.45) is 5.92 Å². The molecule has 0 aliphatic carbocycles. The van der Waals surface area contributed by atoms with Crippen LogP contribution in [-0.2, 0) is 24.3 Å². The maximum Gasteiger partial charge on any atom is 0.107 e. The second kappa shape index (κ2) is 4.03. The molecule has 14 heavy (non-hydrogen) atoms. The van der Waals surface area contributed by atoms with Gasteiger partial charge in [0.2, 0.25) is 0 Å². The lowest BCUT2D eigenvalue weighted by Gasteiger charge is -2.09. The molecule has 0 aromatic carbocycles. The summed E-state index contributed by atoms with van der Waals surface area (Å²) in [6, 6.07) is 0. The van der Waals surface area contributed by atoms with E-state index in [2.05, 4.69) is 34.9 Å². The number of hydrogen-bond acceptors (Lipinski definition) is 2. The van der Waals surface area contributed by atoms with Gasteiger partial charge in [0.05, 0.1) is 18.9 Å². The van der Waals surface area contributed by atoms with Gasteiger partial charge in [0, 0.05) is 18.5 Å². The molecule has 0 saturated carbocycles. The minimum Gasteiger partial charge on any atom is -0.375 e. The summed E-state index contributed by atoms with van der Waals surface area (Å²) in [6.07, 6.45) is 0.980. The van der Waals surface area contributed by atoms with E-state index in [0.29, 0.717) is 12.5 Å². The molecule has 1 aliphatic heterocycles. The summed E-state index contributed by atoms with van der Waals surface area (Å²) in [4.78, 5) is 0. The number of fused-ring (bicyclic) bond motifs is 1. The topological polar surface area (TPSA) is 27.1 Å². The summed E-state index contributed by atoms with van der Waals surface area (Å²) in [5.41, 5.74) is 2.43. The zero-order chi connectivity index (χ0) is 10.1. The third-order valence-electron chi connectivity index (χ3n) is 2.34. The average Bonchev–Trinajstić information content (AvgIpc) is 2.44. The van der Waals surface area contributed by atoms with E-state index in [1.54, 1.807) is 0 Å². The van der Waals surface area contributed by atoms with Crippen LogP contribution in [-0.4, -0.2) is 16.4 Å². The number of ether oxygens (including phenoxy) is 1. The molecule has 0 saturated heterocycles. The van der Waals surface area contributed by atoms with E-state index in [1.165, 1.54) is 5.56 Å². The zero-order valence-electron chi connectivity index (χ0n) is 8.59. The zero-order valence-corrected chi connectivity index (χ0v) is 10.2. The molecule has 0 atom stereocenters. The maximum absolute atomic E-state index is 5.37. The molecule has 4 heteroatoms. The van der Waals surface area contributed by atoms with Gasteiger partial charge < -0.3 is 4.74 Å². The van der Waals surface area contributed by atoms with Crippen molar-refractivity contribution >= 4 is 15.9 Å². The van der Waals surface area contributed by atoms with E-state index in [-0.39, 0.29) is 0 Å². The first-order chi connectivity index (χ1) is 6.68. The SMILES string of the molecule is CC(C)Cn1nc2c(c1Br)CCOC2. The molecule has 0 radical (unpaired) electrons. The fourth-order valence-corrected chi connectivity index (χ4v) is 2.35. The van der Waals surface area contributed by atoms with Gasteiger partial charge in [-0.15, -0.1) is 0 Å². The van der Waals surface area contributed by atoms with E-state index >= 15 is 0 Å². The quantitative estimate of drug-likeness (QED) is 0.815. The summed E-state index contributed by atoms with van der Waals surface area (Å²) < 4.78 is 8.56. The Balaban J connectivity index is 2.29. The Morgan fingerprint density at radius 3 is 3.00 bits per heavy atom. The highest BCUT2D eigenvalue weighted by atomic mass is 79.9. The lowest BCUT2D eigenvalue weighted by atomic mass is 10.1. The molecule has 0 bridgehead atoms. The van der Waals surface area contributed by atoms with Crippen molar-refractivity contribution in [3.05, 3.63) is 15.9 Å². The van der Waals surface area contributed by atoms with Crippen LogP contribution in [0.2, 0.25) is 0 Å². The van der Waals surface area contributed by atoms with Crippen molar-refractivity contribution in [3.63, 3.8) is 0 Å². The third-order valence-corrected chi connectivity index (χ3v) is 3.23. The smallest absolute Gasteiger partial charge is 0.107 e. The van der Waals surface area contributed by atoms with Crippen LogP contribution in [0.3, 0.4) is 0 Å². The van der Waals surface area contributed by atoms with Gasteiger partial charge in [-0.25, -0.2) is 0 Å². The Hall–Kier alpha value is -0.350. The normalized spacial score (nSPS) is 16.0.